The maximum atomic E-state index is 11.8. The highest BCUT2D eigenvalue weighted by atomic mass is 32.2. The van der Waals surface area contributed by atoms with Crippen LogP contribution in [0.5, 0.6) is 0 Å². The highest BCUT2D eigenvalue weighted by Gasteiger charge is 2.21. The van der Waals surface area contributed by atoms with Crippen molar-refractivity contribution in [3.05, 3.63) is 0 Å². The second kappa shape index (κ2) is 7.78. The maximum absolute atomic E-state index is 11.8. The molecule has 0 spiro atoms. The van der Waals surface area contributed by atoms with Crippen LogP contribution >= 0.6 is 0 Å². The predicted molar refractivity (Wildman–Crippen MR) is 73.7 cm³/mol. The Kier molecular flexibility index (Phi) is 6.70. The molecule has 0 radical (unpaired) electrons. The van der Waals surface area contributed by atoms with E-state index in [1.807, 2.05) is 0 Å². The molecule has 0 unspecified atom stereocenters. The zero-order chi connectivity index (χ0) is 14.3. The summed E-state index contributed by atoms with van der Waals surface area (Å²) in [7, 11) is -2.11. The molecule has 1 aliphatic heterocycles. The van der Waals surface area contributed by atoms with Gasteiger partial charge in [-0.2, -0.15) is 17.4 Å². The Balaban J connectivity index is 2.39. The van der Waals surface area contributed by atoms with E-state index in [1.165, 1.54) is 11.4 Å². The molecule has 1 heterocycles. The number of rotatable bonds is 7. The van der Waals surface area contributed by atoms with Crippen molar-refractivity contribution in [3.8, 4) is 0 Å². The lowest BCUT2D eigenvalue weighted by atomic mass is 10.1. The van der Waals surface area contributed by atoms with Crippen molar-refractivity contribution in [1.82, 2.24) is 13.9 Å². The van der Waals surface area contributed by atoms with Crippen molar-refractivity contribution < 1.29 is 13.2 Å². The van der Waals surface area contributed by atoms with E-state index in [-0.39, 0.29) is 12.5 Å². The average Bonchev–Trinajstić information content (AvgIpc) is 2.43. The molecule has 1 saturated heterocycles. The fourth-order valence-electron chi connectivity index (χ4n) is 1.95. The minimum absolute atomic E-state index is 0.157. The quantitative estimate of drug-likeness (QED) is 0.636. The van der Waals surface area contributed by atoms with E-state index in [2.05, 4.69) is 4.72 Å². The van der Waals surface area contributed by atoms with Gasteiger partial charge >= 0.3 is 0 Å². The summed E-state index contributed by atoms with van der Waals surface area (Å²) >= 11 is 0. The number of piperidine rings is 1. The molecular formula is C11H24N4O3S. The number of nitrogens with two attached hydrogens (primary N) is 1. The molecule has 0 aromatic heterocycles. The zero-order valence-electron chi connectivity index (χ0n) is 11.5. The summed E-state index contributed by atoms with van der Waals surface area (Å²) in [6, 6.07) is 0. The third-order valence-electron chi connectivity index (χ3n) is 3.20. The van der Waals surface area contributed by atoms with Crippen LogP contribution in [0, 0.1) is 0 Å². The van der Waals surface area contributed by atoms with E-state index in [1.54, 1.807) is 4.90 Å². The van der Waals surface area contributed by atoms with Gasteiger partial charge in [0.15, 0.2) is 0 Å². The fraction of sp³-hybridized carbons (Fsp3) is 0.909. The van der Waals surface area contributed by atoms with Crippen molar-refractivity contribution in [1.29, 1.82) is 0 Å². The highest BCUT2D eigenvalue weighted by molar-refractivity contribution is 7.87. The minimum atomic E-state index is -3.59. The van der Waals surface area contributed by atoms with E-state index >= 15 is 0 Å². The lowest BCUT2D eigenvalue weighted by Gasteiger charge is -2.27. The molecule has 112 valence electrons. The van der Waals surface area contributed by atoms with Crippen LogP contribution in [0.4, 0.5) is 0 Å². The fourth-order valence-corrected chi connectivity index (χ4v) is 2.85. The van der Waals surface area contributed by atoms with Gasteiger partial charge in [-0.1, -0.05) is 0 Å². The van der Waals surface area contributed by atoms with Gasteiger partial charge in [-0.25, -0.2) is 0 Å². The largest absolute Gasteiger partial charge is 0.342 e. The number of carbonyl (C=O) groups excluding carboxylic acids is 1. The Morgan fingerprint density at radius 3 is 2.53 bits per heavy atom. The van der Waals surface area contributed by atoms with E-state index in [0.717, 1.165) is 32.4 Å². The lowest BCUT2D eigenvalue weighted by molar-refractivity contribution is -0.130. The average molecular weight is 292 g/mol. The van der Waals surface area contributed by atoms with E-state index in [0.29, 0.717) is 19.5 Å². The van der Waals surface area contributed by atoms with Crippen molar-refractivity contribution >= 4 is 16.1 Å². The summed E-state index contributed by atoms with van der Waals surface area (Å²) in [5.74, 6) is -0.157. The first kappa shape index (κ1) is 16.4. The van der Waals surface area contributed by atoms with Crippen molar-refractivity contribution in [2.45, 2.75) is 25.7 Å². The number of amides is 1. The molecule has 0 aromatic rings. The number of nitrogens with one attached hydrogen (secondary N) is 1. The van der Waals surface area contributed by atoms with Gasteiger partial charge in [0.25, 0.3) is 10.2 Å². The Morgan fingerprint density at radius 2 is 1.95 bits per heavy atom. The smallest absolute Gasteiger partial charge is 0.279 e. The van der Waals surface area contributed by atoms with Crippen molar-refractivity contribution in [2.24, 2.45) is 5.73 Å². The van der Waals surface area contributed by atoms with Crippen molar-refractivity contribution in [3.63, 3.8) is 0 Å². The van der Waals surface area contributed by atoms with Crippen molar-refractivity contribution in [2.75, 3.05) is 39.8 Å². The molecule has 8 heteroatoms. The van der Waals surface area contributed by atoms with Gasteiger partial charge in [0.05, 0.1) is 6.54 Å². The molecule has 3 N–H and O–H groups in total. The predicted octanol–water partition coefficient (Wildman–Crippen LogP) is -0.886. The molecule has 0 aliphatic carbocycles. The summed E-state index contributed by atoms with van der Waals surface area (Å²) in [4.78, 5) is 13.6. The highest BCUT2D eigenvalue weighted by Crippen LogP contribution is 2.08. The molecule has 1 aliphatic rings. The van der Waals surface area contributed by atoms with Crippen LogP contribution < -0.4 is 10.5 Å². The van der Waals surface area contributed by atoms with E-state index < -0.39 is 10.2 Å². The van der Waals surface area contributed by atoms with Gasteiger partial charge in [-0.15, -0.1) is 0 Å². The standard InChI is InChI=1S/C11H24N4O3S/c1-14(7-5-6-12)19(17,18)13-10-11(16)15-8-3-2-4-9-15/h13H,2-10,12H2,1H3. The third kappa shape index (κ3) is 5.43. The third-order valence-corrected chi connectivity index (χ3v) is 4.71. The Bertz CT molecular complexity index is 379. The lowest BCUT2D eigenvalue weighted by Crippen LogP contribution is -2.46. The monoisotopic (exact) mass is 292 g/mol. The zero-order valence-corrected chi connectivity index (χ0v) is 12.3. The number of nitrogens with zero attached hydrogens (tertiary/aromatic N) is 2. The first-order valence-corrected chi connectivity index (χ1v) is 8.10. The topological polar surface area (TPSA) is 95.7 Å². The molecule has 0 aromatic carbocycles. The summed E-state index contributed by atoms with van der Waals surface area (Å²) in [5, 5.41) is 0. The molecule has 0 saturated carbocycles. The van der Waals surface area contributed by atoms with Crippen LogP contribution in [-0.2, 0) is 15.0 Å². The Hall–Kier alpha value is -0.700. The number of hydrogen-bond acceptors (Lipinski definition) is 4. The van der Waals surface area contributed by atoms with Gasteiger partial charge in [0.1, 0.15) is 0 Å². The molecule has 0 bridgehead atoms. The first-order chi connectivity index (χ1) is 8.97. The Morgan fingerprint density at radius 1 is 1.32 bits per heavy atom. The maximum Gasteiger partial charge on any atom is 0.279 e. The summed E-state index contributed by atoms with van der Waals surface area (Å²) < 4.78 is 27.2. The molecule has 0 atom stereocenters. The number of hydrogen-bond donors (Lipinski definition) is 2. The second-order valence-electron chi connectivity index (χ2n) is 4.73. The number of carbonyl (C=O) groups is 1. The van der Waals surface area contributed by atoms with E-state index in [4.69, 9.17) is 5.73 Å². The normalized spacial score (nSPS) is 16.9. The van der Waals surface area contributed by atoms with Crippen LogP contribution in [0.3, 0.4) is 0 Å². The first-order valence-electron chi connectivity index (χ1n) is 6.66. The second-order valence-corrected chi connectivity index (χ2v) is 6.59. The van der Waals surface area contributed by atoms with E-state index in [9.17, 15) is 13.2 Å². The van der Waals surface area contributed by atoms with Gasteiger partial charge < -0.3 is 10.6 Å². The minimum Gasteiger partial charge on any atom is -0.342 e. The van der Waals surface area contributed by atoms with Gasteiger partial charge in [-0.05, 0) is 32.2 Å². The molecule has 19 heavy (non-hydrogen) atoms. The van der Waals surface area contributed by atoms with Crippen LogP contribution in [0.2, 0.25) is 0 Å². The SMILES string of the molecule is CN(CCCN)S(=O)(=O)NCC(=O)N1CCCCC1. The van der Waals surface area contributed by atoms with Crippen LogP contribution in [0.1, 0.15) is 25.7 Å². The summed E-state index contributed by atoms with van der Waals surface area (Å²) in [6.07, 6.45) is 3.72. The summed E-state index contributed by atoms with van der Waals surface area (Å²) in [6.45, 7) is 2.07. The molecular weight excluding hydrogens is 268 g/mol. The van der Waals surface area contributed by atoms with Crippen LogP contribution in [-0.4, -0.2) is 63.3 Å². The molecule has 1 fully saturated rings. The summed E-state index contributed by atoms with van der Waals surface area (Å²) in [5.41, 5.74) is 5.34. The van der Waals surface area contributed by atoms with Gasteiger partial charge in [-0.3, -0.25) is 4.79 Å². The van der Waals surface area contributed by atoms with Gasteiger partial charge in [0.2, 0.25) is 5.91 Å². The molecule has 1 amide bonds. The van der Waals surface area contributed by atoms with Gasteiger partial charge in [0, 0.05) is 26.7 Å². The van der Waals surface area contributed by atoms with Crippen LogP contribution in [0.15, 0.2) is 0 Å². The van der Waals surface area contributed by atoms with Crippen LogP contribution in [0.25, 0.3) is 0 Å². The Labute approximate surface area is 115 Å². The molecule has 1 rings (SSSR count). The molecule has 7 nitrogen and oxygen atoms in total. The number of likely N-dealkylation sites (tertiary alicyclic amines) is 1.